The van der Waals surface area contributed by atoms with E-state index >= 15 is 0 Å². The minimum absolute atomic E-state index is 0.0343. The van der Waals surface area contributed by atoms with Crippen LogP contribution >= 0.6 is 0 Å². The number of carboxylic acids is 1. The Hall–Kier alpha value is -4.47. The molecule has 0 unspecified atom stereocenters. The molecule has 0 saturated heterocycles. The van der Waals surface area contributed by atoms with Crippen LogP contribution in [0.2, 0.25) is 0 Å². The zero-order valence-corrected chi connectivity index (χ0v) is 16.7. The summed E-state index contributed by atoms with van der Waals surface area (Å²) in [6.07, 6.45) is 2.48. The van der Waals surface area contributed by atoms with Gasteiger partial charge in [-0.05, 0) is 55.0 Å². The van der Waals surface area contributed by atoms with Crippen molar-refractivity contribution < 1.29 is 19.6 Å². The van der Waals surface area contributed by atoms with E-state index in [1.165, 1.54) is 13.0 Å². The van der Waals surface area contributed by atoms with Gasteiger partial charge in [0.25, 0.3) is 0 Å². The molecule has 0 fully saturated rings. The number of nitrogens with one attached hydrogen (secondary N) is 2. The summed E-state index contributed by atoms with van der Waals surface area (Å²) in [7, 11) is 1.55. The van der Waals surface area contributed by atoms with Crippen LogP contribution in [0.5, 0.6) is 5.75 Å². The van der Waals surface area contributed by atoms with Crippen molar-refractivity contribution in [3.05, 3.63) is 76.0 Å². The fourth-order valence-corrected chi connectivity index (χ4v) is 2.76. The number of nitrogens with zero attached hydrogens (tertiary/aromatic N) is 3. The second-order valence-corrected chi connectivity index (χ2v) is 6.36. The number of aromatic nitrogens is 2. The van der Waals surface area contributed by atoms with Crippen LogP contribution in [-0.4, -0.2) is 33.1 Å². The van der Waals surface area contributed by atoms with Crippen molar-refractivity contribution in [1.82, 2.24) is 9.97 Å². The molecular weight excluding hydrogens is 402 g/mol. The van der Waals surface area contributed by atoms with Crippen LogP contribution in [0.3, 0.4) is 0 Å². The van der Waals surface area contributed by atoms with Gasteiger partial charge in [-0.15, -0.1) is 0 Å². The van der Waals surface area contributed by atoms with Crippen LogP contribution in [0.15, 0.2) is 54.6 Å². The van der Waals surface area contributed by atoms with E-state index in [2.05, 4.69) is 20.6 Å². The molecule has 158 valence electrons. The molecule has 10 heteroatoms. The number of carboxylic acid groups (broad SMARTS) is 1. The third kappa shape index (κ3) is 5.54. The molecule has 1 aromatic heterocycles. The lowest BCUT2D eigenvalue weighted by Gasteiger charge is -2.11. The largest absolute Gasteiger partial charge is 0.497 e. The van der Waals surface area contributed by atoms with E-state index in [4.69, 9.17) is 9.84 Å². The molecule has 0 radical (unpaired) electrons. The van der Waals surface area contributed by atoms with E-state index < -0.39 is 10.9 Å². The van der Waals surface area contributed by atoms with Crippen LogP contribution in [0.4, 0.5) is 28.8 Å². The third-order valence-electron chi connectivity index (χ3n) is 4.15. The van der Waals surface area contributed by atoms with Gasteiger partial charge in [0.05, 0.1) is 12.0 Å². The zero-order chi connectivity index (χ0) is 22.4. The maximum atomic E-state index is 11.6. The summed E-state index contributed by atoms with van der Waals surface area (Å²) in [5.74, 6) is -0.217. The Morgan fingerprint density at radius 2 is 1.87 bits per heavy atom. The predicted molar refractivity (Wildman–Crippen MR) is 116 cm³/mol. The summed E-state index contributed by atoms with van der Waals surface area (Å²) in [6, 6.07) is 13.8. The van der Waals surface area contributed by atoms with Crippen molar-refractivity contribution in [1.29, 1.82) is 0 Å². The fraction of sp³-hybridized carbons (Fsp3) is 0.0952. The summed E-state index contributed by atoms with van der Waals surface area (Å²) in [5.41, 5.74) is 1.78. The molecule has 0 atom stereocenters. The minimum Gasteiger partial charge on any atom is -0.497 e. The maximum absolute atomic E-state index is 11.6. The van der Waals surface area contributed by atoms with Gasteiger partial charge in [-0.1, -0.05) is 12.1 Å². The number of anilines is 4. The van der Waals surface area contributed by atoms with Gasteiger partial charge in [-0.2, -0.15) is 4.98 Å². The highest BCUT2D eigenvalue weighted by Gasteiger charge is 2.22. The molecule has 0 amide bonds. The van der Waals surface area contributed by atoms with Crippen LogP contribution in [-0.2, 0) is 4.79 Å². The molecule has 1 heterocycles. The summed E-state index contributed by atoms with van der Waals surface area (Å²) >= 11 is 0. The van der Waals surface area contributed by atoms with E-state index in [9.17, 15) is 14.9 Å². The van der Waals surface area contributed by atoms with Crippen LogP contribution in [0, 0.1) is 17.0 Å². The van der Waals surface area contributed by atoms with Gasteiger partial charge in [0.2, 0.25) is 11.8 Å². The Morgan fingerprint density at radius 1 is 1.13 bits per heavy atom. The smallest absolute Gasteiger partial charge is 0.332 e. The van der Waals surface area contributed by atoms with Gasteiger partial charge < -0.3 is 20.5 Å². The molecule has 0 aliphatic rings. The third-order valence-corrected chi connectivity index (χ3v) is 4.15. The number of carbonyl (C=O) groups is 1. The summed E-state index contributed by atoms with van der Waals surface area (Å²) < 4.78 is 5.12. The van der Waals surface area contributed by atoms with Gasteiger partial charge in [0, 0.05) is 17.5 Å². The number of ether oxygens (including phenoxy) is 1. The second kappa shape index (κ2) is 9.35. The highest BCUT2D eigenvalue weighted by Crippen LogP contribution is 2.30. The van der Waals surface area contributed by atoms with Gasteiger partial charge >= 0.3 is 11.7 Å². The van der Waals surface area contributed by atoms with Crippen molar-refractivity contribution in [2.45, 2.75) is 6.92 Å². The Balaban J connectivity index is 1.92. The normalized spacial score (nSPS) is 10.6. The molecule has 0 bridgehead atoms. The Kier molecular flexibility index (Phi) is 6.41. The number of benzene rings is 2. The van der Waals surface area contributed by atoms with E-state index in [-0.39, 0.29) is 23.1 Å². The number of rotatable bonds is 8. The molecule has 0 spiro atoms. The Bertz CT molecular complexity index is 1150. The Morgan fingerprint density at radius 3 is 2.52 bits per heavy atom. The van der Waals surface area contributed by atoms with Crippen molar-refractivity contribution in [3.8, 4) is 5.75 Å². The first-order chi connectivity index (χ1) is 14.9. The van der Waals surface area contributed by atoms with Gasteiger partial charge in [0.1, 0.15) is 11.4 Å². The lowest BCUT2D eigenvalue weighted by Crippen LogP contribution is -2.07. The minimum atomic E-state index is -1.05. The summed E-state index contributed by atoms with van der Waals surface area (Å²) in [4.78, 5) is 30.2. The average molecular weight is 421 g/mol. The number of hydrogen-bond donors (Lipinski definition) is 3. The van der Waals surface area contributed by atoms with E-state index in [1.807, 2.05) is 0 Å². The molecular formula is C21H19N5O5. The van der Waals surface area contributed by atoms with E-state index in [0.717, 1.165) is 6.08 Å². The number of aliphatic carboxylic acids is 1. The first-order valence-electron chi connectivity index (χ1n) is 9.08. The highest BCUT2D eigenvalue weighted by molar-refractivity contribution is 5.85. The topological polar surface area (TPSA) is 140 Å². The number of methoxy groups -OCH3 is 1. The number of aryl methyl sites for hydroxylation is 1. The maximum Gasteiger partial charge on any atom is 0.332 e. The van der Waals surface area contributed by atoms with Crippen molar-refractivity contribution in [2.24, 2.45) is 0 Å². The van der Waals surface area contributed by atoms with Crippen LogP contribution in [0.1, 0.15) is 11.3 Å². The SMILES string of the molecule is COc1ccc(Nc2nc(Nc3cccc(/C=C/C(=O)O)c3)nc(C)c2[N+](=O)[O-])cc1. The highest BCUT2D eigenvalue weighted by atomic mass is 16.6. The molecule has 0 aliphatic carbocycles. The van der Waals surface area contributed by atoms with Crippen LogP contribution in [0.25, 0.3) is 6.08 Å². The van der Waals surface area contributed by atoms with Gasteiger partial charge in [0.15, 0.2) is 0 Å². The number of hydrogen-bond acceptors (Lipinski definition) is 8. The summed E-state index contributed by atoms with van der Waals surface area (Å²) in [5, 5.41) is 26.3. The molecule has 0 aliphatic heterocycles. The lowest BCUT2D eigenvalue weighted by atomic mass is 10.2. The lowest BCUT2D eigenvalue weighted by molar-refractivity contribution is -0.385. The first kappa shape index (κ1) is 21.2. The van der Waals surface area contributed by atoms with Gasteiger partial charge in [-0.3, -0.25) is 10.1 Å². The molecule has 3 aromatic rings. The van der Waals surface area contributed by atoms with Crippen molar-refractivity contribution in [3.63, 3.8) is 0 Å². The second-order valence-electron chi connectivity index (χ2n) is 6.36. The van der Waals surface area contributed by atoms with E-state index in [0.29, 0.717) is 22.7 Å². The zero-order valence-electron chi connectivity index (χ0n) is 16.7. The molecule has 10 nitrogen and oxygen atoms in total. The van der Waals surface area contributed by atoms with Crippen molar-refractivity contribution >= 4 is 40.9 Å². The molecule has 31 heavy (non-hydrogen) atoms. The first-order valence-corrected chi connectivity index (χ1v) is 9.08. The van der Waals surface area contributed by atoms with Crippen molar-refractivity contribution in [2.75, 3.05) is 17.7 Å². The fourth-order valence-electron chi connectivity index (χ4n) is 2.76. The quantitative estimate of drug-likeness (QED) is 0.276. The van der Waals surface area contributed by atoms with Gasteiger partial charge in [-0.25, -0.2) is 9.78 Å². The monoisotopic (exact) mass is 421 g/mol. The molecule has 0 saturated carbocycles. The molecule has 3 rings (SSSR count). The standard InChI is InChI=1S/C21H19N5O5/c1-13-19(26(29)30)20(23-15-7-9-17(31-2)10-8-15)25-21(22-13)24-16-5-3-4-14(12-16)6-11-18(27)28/h3-12H,1-2H3,(H,27,28)(H2,22,23,24,25)/b11-6+. The molecule has 3 N–H and O–H groups in total. The number of nitro groups is 1. The predicted octanol–water partition coefficient (Wildman–Crippen LogP) is 4.29. The average Bonchev–Trinajstić information content (AvgIpc) is 2.72. The van der Waals surface area contributed by atoms with E-state index in [1.54, 1.807) is 55.6 Å². The Labute approximate surface area is 177 Å². The van der Waals surface area contributed by atoms with Crippen LogP contribution < -0.4 is 15.4 Å². The molecule has 2 aromatic carbocycles. The summed E-state index contributed by atoms with van der Waals surface area (Å²) in [6.45, 7) is 1.52.